The van der Waals surface area contributed by atoms with Gasteiger partial charge in [0.05, 0.1) is 6.61 Å². The van der Waals surface area contributed by atoms with E-state index in [0.29, 0.717) is 6.42 Å². The van der Waals surface area contributed by atoms with E-state index < -0.39 is 19.1 Å². The highest BCUT2D eigenvalue weighted by molar-refractivity contribution is 7.47. The molecule has 0 aromatic heterocycles. The molecule has 7 heteroatoms. The molecule has 0 saturated carbocycles. The van der Waals surface area contributed by atoms with Crippen LogP contribution in [0.15, 0.2) is 30.3 Å². The van der Waals surface area contributed by atoms with E-state index in [-0.39, 0.29) is 6.61 Å². The minimum atomic E-state index is -4.28. The zero-order valence-electron chi connectivity index (χ0n) is 11.8. The molecule has 0 bridgehead atoms. The third kappa shape index (κ3) is 6.30. The Labute approximate surface area is 118 Å². The van der Waals surface area contributed by atoms with Crippen molar-refractivity contribution in [3.8, 4) is 0 Å². The van der Waals surface area contributed by atoms with Crippen LogP contribution in [-0.2, 0) is 24.9 Å². The fraction of sp³-hybridized carbons (Fsp3) is 0.462. The molecule has 1 aromatic carbocycles. The van der Waals surface area contributed by atoms with Crippen LogP contribution in [0.4, 0.5) is 0 Å². The van der Waals surface area contributed by atoms with Crippen LogP contribution in [0, 0.1) is 5.41 Å². The van der Waals surface area contributed by atoms with E-state index in [0.717, 1.165) is 5.56 Å². The van der Waals surface area contributed by atoms with Crippen LogP contribution in [0.1, 0.15) is 26.3 Å². The number of nitrogens with one attached hydrogen (secondary N) is 1. The van der Waals surface area contributed by atoms with E-state index in [9.17, 15) is 14.3 Å². The van der Waals surface area contributed by atoms with Crippen LogP contribution in [0.25, 0.3) is 0 Å². The Hall–Kier alpha value is -1.20. The summed E-state index contributed by atoms with van der Waals surface area (Å²) in [5.41, 5.74) is 2.19. The number of hydrogen-bond acceptors (Lipinski definition) is 4. The molecule has 6 nitrogen and oxygen atoms in total. The van der Waals surface area contributed by atoms with Gasteiger partial charge >= 0.3 is 7.82 Å². The quantitative estimate of drug-likeness (QED) is 0.622. The summed E-state index contributed by atoms with van der Waals surface area (Å²) in [5.74, 6) is -0.501. The predicted molar refractivity (Wildman–Crippen MR) is 74.6 cm³/mol. The number of phosphoric ester groups is 1. The number of phosphoric acid groups is 1. The molecular weight excluding hydrogens is 281 g/mol. The summed E-state index contributed by atoms with van der Waals surface area (Å²) in [6.45, 7) is 4.99. The number of hydrogen-bond donors (Lipinski definition) is 2. The van der Waals surface area contributed by atoms with Crippen molar-refractivity contribution in [3.63, 3.8) is 0 Å². The van der Waals surface area contributed by atoms with Crippen molar-refractivity contribution in [2.45, 2.75) is 27.2 Å². The normalized spacial score (nSPS) is 14.6. The highest BCUT2D eigenvalue weighted by Crippen LogP contribution is 2.42. The summed E-state index contributed by atoms with van der Waals surface area (Å²) >= 11 is 0. The van der Waals surface area contributed by atoms with Crippen molar-refractivity contribution in [2.24, 2.45) is 5.41 Å². The fourth-order valence-corrected chi connectivity index (χ4v) is 1.78. The van der Waals surface area contributed by atoms with E-state index in [4.69, 9.17) is 4.52 Å². The number of carbonyl (C=O) groups excluding carboxylic acids is 1. The van der Waals surface area contributed by atoms with Gasteiger partial charge in [-0.1, -0.05) is 51.1 Å². The maximum atomic E-state index is 11.5. The lowest BCUT2D eigenvalue weighted by Crippen LogP contribution is -2.34. The largest absolute Gasteiger partial charge is 0.493 e. The van der Waals surface area contributed by atoms with Gasteiger partial charge in [-0.2, -0.15) is 4.62 Å². The van der Waals surface area contributed by atoms with Gasteiger partial charge in [-0.05, 0) is 12.0 Å². The number of rotatable bonds is 6. The second-order valence-corrected chi connectivity index (χ2v) is 6.69. The van der Waals surface area contributed by atoms with Crippen molar-refractivity contribution in [3.05, 3.63) is 35.9 Å². The summed E-state index contributed by atoms with van der Waals surface area (Å²) in [7, 11) is -4.28. The van der Waals surface area contributed by atoms with Gasteiger partial charge in [-0.25, -0.2) is 10.0 Å². The van der Waals surface area contributed by atoms with Crippen molar-refractivity contribution in [1.29, 1.82) is 0 Å². The molecule has 1 atom stereocenters. The van der Waals surface area contributed by atoms with E-state index in [2.05, 4.69) is 4.62 Å². The topological polar surface area (TPSA) is 84.9 Å². The standard InChI is InChI=1S/C13H20NO5P/c1-13(2,3)12(15)14-19-20(16,17)18-10-9-11-7-5-4-6-8-11/h4-8H,9-10H2,1-3H3,(H,14,15)(H,16,17). The van der Waals surface area contributed by atoms with Crippen molar-refractivity contribution < 1.29 is 23.4 Å². The van der Waals surface area contributed by atoms with Crippen LogP contribution in [-0.4, -0.2) is 17.4 Å². The summed E-state index contributed by atoms with van der Waals surface area (Å²) in [6.07, 6.45) is 0.474. The summed E-state index contributed by atoms with van der Waals surface area (Å²) < 4.78 is 20.7. The molecular formula is C13H20NO5P. The van der Waals surface area contributed by atoms with Gasteiger partial charge in [-0.3, -0.25) is 9.32 Å². The molecule has 1 amide bonds. The second-order valence-electron chi connectivity index (χ2n) is 5.31. The zero-order chi connectivity index (χ0) is 15.2. The highest BCUT2D eigenvalue weighted by atomic mass is 31.2. The molecule has 0 radical (unpaired) electrons. The fourth-order valence-electron chi connectivity index (χ4n) is 1.20. The predicted octanol–water partition coefficient (Wildman–Crippen LogP) is 2.44. The lowest BCUT2D eigenvalue weighted by molar-refractivity contribution is -0.136. The lowest BCUT2D eigenvalue weighted by Gasteiger charge is -2.18. The van der Waals surface area contributed by atoms with Gasteiger partial charge in [0, 0.05) is 5.41 Å². The van der Waals surface area contributed by atoms with Gasteiger partial charge in [0.15, 0.2) is 0 Å². The average molecular weight is 301 g/mol. The summed E-state index contributed by atoms with van der Waals surface area (Å²) in [4.78, 5) is 20.9. The highest BCUT2D eigenvalue weighted by Gasteiger charge is 2.27. The van der Waals surface area contributed by atoms with Crippen molar-refractivity contribution in [2.75, 3.05) is 6.61 Å². The maximum absolute atomic E-state index is 11.5. The van der Waals surface area contributed by atoms with Crippen LogP contribution in [0.2, 0.25) is 0 Å². The summed E-state index contributed by atoms with van der Waals surface area (Å²) in [5, 5.41) is 0. The first-order valence-electron chi connectivity index (χ1n) is 6.21. The third-order valence-corrected chi connectivity index (χ3v) is 3.25. The van der Waals surface area contributed by atoms with Gasteiger partial charge in [-0.15, -0.1) is 0 Å². The molecule has 0 spiro atoms. The molecule has 0 aliphatic rings. The molecule has 112 valence electrons. The Morgan fingerprint density at radius 2 is 1.90 bits per heavy atom. The van der Waals surface area contributed by atoms with Crippen LogP contribution < -0.4 is 5.48 Å². The number of amides is 1. The zero-order valence-corrected chi connectivity index (χ0v) is 12.7. The first-order valence-corrected chi connectivity index (χ1v) is 7.70. The maximum Gasteiger partial charge on any atom is 0.493 e. The van der Waals surface area contributed by atoms with Crippen LogP contribution in [0.3, 0.4) is 0 Å². The van der Waals surface area contributed by atoms with E-state index in [1.807, 2.05) is 35.8 Å². The molecule has 1 unspecified atom stereocenters. The number of carbonyl (C=O) groups is 1. The molecule has 1 rings (SSSR count). The Morgan fingerprint density at radius 1 is 1.30 bits per heavy atom. The molecule has 0 aliphatic heterocycles. The van der Waals surface area contributed by atoms with Gasteiger partial charge in [0.25, 0.3) is 0 Å². The number of hydroxylamine groups is 1. The van der Waals surface area contributed by atoms with E-state index >= 15 is 0 Å². The minimum absolute atomic E-state index is 0.0170. The lowest BCUT2D eigenvalue weighted by atomic mass is 9.96. The third-order valence-electron chi connectivity index (χ3n) is 2.42. The van der Waals surface area contributed by atoms with Crippen LogP contribution in [0.5, 0.6) is 0 Å². The van der Waals surface area contributed by atoms with Crippen molar-refractivity contribution in [1.82, 2.24) is 5.48 Å². The smallest absolute Gasteiger partial charge is 0.301 e. The Balaban J connectivity index is 2.35. The second kappa shape index (κ2) is 6.99. The molecule has 0 heterocycles. The molecule has 2 N–H and O–H groups in total. The van der Waals surface area contributed by atoms with E-state index in [1.54, 1.807) is 20.8 Å². The molecule has 1 aromatic rings. The average Bonchev–Trinajstić information content (AvgIpc) is 2.36. The minimum Gasteiger partial charge on any atom is -0.301 e. The summed E-state index contributed by atoms with van der Waals surface area (Å²) in [6, 6.07) is 9.38. The Kier molecular flexibility index (Phi) is 5.89. The first-order chi connectivity index (χ1) is 9.21. The van der Waals surface area contributed by atoms with Crippen LogP contribution >= 0.6 is 7.82 Å². The Bertz CT molecular complexity index is 483. The van der Waals surface area contributed by atoms with Gasteiger partial charge in [0.2, 0.25) is 5.91 Å². The number of benzene rings is 1. The Morgan fingerprint density at radius 3 is 2.45 bits per heavy atom. The van der Waals surface area contributed by atoms with E-state index in [1.165, 1.54) is 0 Å². The molecule has 20 heavy (non-hydrogen) atoms. The van der Waals surface area contributed by atoms with Gasteiger partial charge < -0.3 is 4.89 Å². The van der Waals surface area contributed by atoms with Crippen molar-refractivity contribution >= 4 is 13.7 Å². The molecule has 0 aliphatic carbocycles. The SMILES string of the molecule is CC(C)(C)C(=O)NOP(=O)(O)OCCc1ccccc1. The molecule has 0 saturated heterocycles. The van der Waals surface area contributed by atoms with Gasteiger partial charge in [0.1, 0.15) is 0 Å². The monoisotopic (exact) mass is 301 g/mol. The molecule has 0 fully saturated rings. The first kappa shape index (κ1) is 16.9.